The van der Waals surface area contributed by atoms with Crippen LogP contribution in [0.15, 0.2) is 72.8 Å². The number of piperidine rings is 2. The van der Waals surface area contributed by atoms with Crippen LogP contribution in [0.25, 0.3) is 12.2 Å². The Kier molecular flexibility index (Phi) is 15.5. The highest BCUT2D eigenvalue weighted by atomic mass is 16.5. The minimum Gasteiger partial charge on any atom is -0.545 e. The second kappa shape index (κ2) is 17.5. The van der Waals surface area contributed by atoms with Crippen LogP contribution in [0.2, 0.25) is 0 Å². The first-order valence-corrected chi connectivity index (χ1v) is 15.5. The molecule has 2 aromatic rings. The third-order valence-corrected chi connectivity index (χ3v) is 7.97. The highest BCUT2D eigenvalue weighted by Gasteiger charge is 2.50. The van der Waals surface area contributed by atoms with Gasteiger partial charge >= 0.3 is 0 Å². The number of hydroxylamine groups is 4. The second-order valence-electron chi connectivity index (χ2n) is 14.5. The number of carbonyl (C=O) groups is 2. The minimum absolute atomic E-state index is 0.235. The highest BCUT2D eigenvalue weighted by Crippen LogP contribution is 2.23. The van der Waals surface area contributed by atoms with E-state index in [4.69, 9.17) is 0 Å². The van der Waals surface area contributed by atoms with Crippen LogP contribution >= 0.6 is 0 Å². The van der Waals surface area contributed by atoms with Gasteiger partial charge in [-0.05, 0) is 78.7 Å². The Morgan fingerprint density at radius 3 is 1.04 bits per heavy atom. The molecule has 0 aromatic heterocycles. The fourth-order valence-corrected chi connectivity index (χ4v) is 6.18. The van der Waals surface area contributed by atoms with Crippen molar-refractivity contribution in [3.63, 3.8) is 0 Å². The molecule has 4 rings (SSSR count). The maximum Gasteiger partial charge on any atom is 0.124 e. The summed E-state index contributed by atoms with van der Waals surface area (Å²) < 4.78 is 0. The van der Waals surface area contributed by atoms with E-state index in [2.05, 4.69) is 0 Å². The Morgan fingerprint density at radius 2 is 0.826 bits per heavy atom. The van der Waals surface area contributed by atoms with E-state index in [9.17, 15) is 40.4 Å². The van der Waals surface area contributed by atoms with E-state index in [-0.39, 0.29) is 34.4 Å². The van der Waals surface area contributed by atoms with Gasteiger partial charge in [0, 0.05) is 25.7 Å². The molecule has 2 saturated heterocycles. The van der Waals surface area contributed by atoms with Crippen molar-refractivity contribution in [2.45, 2.75) is 115 Å². The highest BCUT2D eigenvalue weighted by molar-refractivity contribution is 5.83. The molecular weight excluding hydrogens is 588 g/mol. The number of aliphatic hydroxyl groups is 2. The van der Waals surface area contributed by atoms with Gasteiger partial charge < -0.3 is 30.0 Å². The van der Waals surface area contributed by atoms with Gasteiger partial charge in [0.2, 0.25) is 0 Å². The normalized spacial score (nSPS) is 25.5. The summed E-state index contributed by atoms with van der Waals surface area (Å²) in [5.41, 5.74) is 0.776. The number of rotatable bonds is 4. The van der Waals surface area contributed by atoms with E-state index in [0.29, 0.717) is 35.8 Å². The van der Waals surface area contributed by atoms with Crippen molar-refractivity contribution < 1.29 is 50.6 Å². The molecule has 0 bridgehead atoms. The lowest BCUT2D eigenvalue weighted by Gasteiger charge is -2.45. The van der Waals surface area contributed by atoms with Gasteiger partial charge in [-0.25, -0.2) is 10.4 Å². The Morgan fingerprint density at radius 1 is 0.587 bits per heavy atom. The molecule has 10 heteroatoms. The number of hydrogen-bond donors (Lipinski definition) is 6. The lowest BCUT2D eigenvalue weighted by atomic mass is 9.80. The smallest absolute Gasteiger partial charge is 0.124 e. The first-order valence-electron chi connectivity index (χ1n) is 15.5. The molecule has 256 valence electrons. The predicted octanol–water partition coefficient (Wildman–Crippen LogP) is 0.844. The number of aliphatic carboxylic acids is 2. The number of aliphatic hydroxyl groups excluding tert-OH is 2. The summed E-state index contributed by atoms with van der Waals surface area (Å²) >= 11 is 0. The summed E-state index contributed by atoms with van der Waals surface area (Å²) in [5.74, 6) is -2.34. The fourth-order valence-electron chi connectivity index (χ4n) is 6.18. The van der Waals surface area contributed by atoms with Gasteiger partial charge in [0.25, 0.3) is 0 Å². The van der Waals surface area contributed by atoms with Gasteiger partial charge in [-0.15, -0.1) is 0 Å². The predicted molar refractivity (Wildman–Crippen MR) is 173 cm³/mol. The van der Waals surface area contributed by atoms with Crippen molar-refractivity contribution in [3.8, 4) is 0 Å². The van der Waals surface area contributed by atoms with Crippen LogP contribution in [0.3, 0.4) is 0 Å². The van der Waals surface area contributed by atoms with Crippen molar-refractivity contribution in [3.05, 3.63) is 83.9 Å². The first-order chi connectivity index (χ1) is 21.1. The lowest BCUT2D eigenvalue weighted by molar-refractivity contribution is -1.16. The number of hydrogen-bond acceptors (Lipinski definition) is 8. The Hall–Kier alpha value is -3.38. The molecule has 2 aliphatic heterocycles. The number of nitrogens with one attached hydrogen (secondary N) is 2. The fraction of sp³-hybridized carbons (Fsp3) is 0.500. The third-order valence-electron chi connectivity index (χ3n) is 7.97. The van der Waals surface area contributed by atoms with E-state index >= 15 is 0 Å². The SMILES string of the molecule is CC1(C)CC(O)CC(C)(C)[NH+]1O.CC1(C)CC(O)CC(C)(C)[NH+]1O.O=C([O-])C=Cc1ccccc1.O=C([O-])C=Cc1ccccc1. The summed E-state index contributed by atoms with van der Waals surface area (Å²) in [6.45, 7) is 15.8. The molecule has 6 N–H and O–H groups in total. The van der Waals surface area contributed by atoms with Gasteiger partial charge in [0.05, 0.1) is 24.1 Å². The van der Waals surface area contributed by atoms with E-state index in [0.717, 1.165) is 23.3 Å². The molecule has 0 amide bonds. The Labute approximate surface area is 273 Å². The van der Waals surface area contributed by atoms with Crippen LogP contribution in [-0.4, -0.2) is 66.9 Å². The monoisotopic (exact) mass is 642 g/mol. The first kappa shape index (κ1) is 40.6. The number of carbonyl (C=O) groups excluding carboxylic acids is 2. The summed E-state index contributed by atoms with van der Waals surface area (Å²) in [6.07, 6.45) is 7.14. The molecule has 0 spiro atoms. The van der Waals surface area contributed by atoms with E-state index in [1.165, 1.54) is 12.2 Å². The summed E-state index contributed by atoms with van der Waals surface area (Å²) in [7, 11) is 0. The molecule has 2 heterocycles. The maximum absolute atomic E-state index is 9.97. The molecule has 2 aliphatic rings. The minimum atomic E-state index is -1.17. The summed E-state index contributed by atoms with van der Waals surface area (Å²) in [5, 5.41) is 59.9. The molecule has 0 atom stereocenters. The molecule has 46 heavy (non-hydrogen) atoms. The van der Waals surface area contributed by atoms with E-state index < -0.39 is 11.9 Å². The summed E-state index contributed by atoms with van der Waals surface area (Å²) in [6, 6.07) is 18.4. The quantitative estimate of drug-likeness (QED) is 0.267. The van der Waals surface area contributed by atoms with Gasteiger partial charge in [0.15, 0.2) is 0 Å². The molecule has 2 fully saturated rings. The largest absolute Gasteiger partial charge is 0.545 e. The second-order valence-corrected chi connectivity index (χ2v) is 14.5. The van der Waals surface area contributed by atoms with Crippen molar-refractivity contribution in [1.82, 2.24) is 0 Å². The molecular formula is C36H54N2O8. The number of carboxylic acid groups (broad SMARTS) is 2. The summed E-state index contributed by atoms with van der Waals surface area (Å²) in [4.78, 5) is 19.9. The van der Waals surface area contributed by atoms with Crippen LogP contribution in [0.5, 0.6) is 0 Å². The van der Waals surface area contributed by atoms with Crippen molar-refractivity contribution in [2.75, 3.05) is 0 Å². The molecule has 0 saturated carbocycles. The van der Waals surface area contributed by atoms with Crippen LogP contribution in [-0.2, 0) is 9.59 Å². The van der Waals surface area contributed by atoms with Crippen LogP contribution in [0.1, 0.15) is 92.2 Å². The number of benzene rings is 2. The van der Waals surface area contributed by atoms with Gasteiger partial charge in [0.1, 0.15) is 22.2 Å². The zero-order valence-corrected chi connectivity index (χ0v) is 28.5. The van der Waals surface area contributed by atoms with Gasteiger partial charge in [-0.1, -0.05) is 72.8 Å². The zero-order chi connectivity index (χ0) is 35.3. The van der Waals surface area contributed by atoms with Crippen molar-refractivity contribution >= 4 is 24.1 Å². The average Bonchev–Trinajstić information content (AvgIpc) is 2.94. The molecule has 0 aliphatic carbocycles. The van der Waals surface area contributed by atoms with Crippen LogP contribution in [0, 0.1) is 0 Å². The molecule has 10 nitrogen and oxygen atoms in total. The lowest BCUT2D eigenvalue weighted by Crippen LogP contribution is -3.25. The Balaban J connectivity index is 0.000000307. The molecule has 0 radical (unpaired) electrons. The maximum atomic E-state index is 9.97. The van der Waals surface area contributed by atoms with E-state index in [1.54, 1.807) is 0 Å². The zero-order valence-electron chi connectivity index (χ0n) is 28.5. The third kappa shape index (κ3) is 14.4. The van der Waals surface area contributed by atoms with Crippen LogP contribution < -0.4 is 20.3 Å². The van der Waals surface area contributed by atoms with E-state index in [1.807, 2.05) is 116 Å². The van der Waals surface area contributed by atoms with Crippen molar-refractivity contribution in [2.24, 2.45) is 0 Å². The standard InChI is InChI=1S/2C9H19NO2.2C9H8O2/c2*1-8(2)5-7(11)6-9(3,4)10(8)12;2*10-9(11)7-6-8-4-2-1-3-5-8/h2*7,11-12H,5-6H2,1-4H3;2*1-7H,(H,10,11). The van der Waals surface area contributed by atoms with Gasteiger partial charge in [-0.3, -0.25) is 0 Å². The topological polar surface area (TPSA) is 170 Å². The Bertz CT molecular complexity index is 1140. The van der Waals surface area contributed by atoms with Gasteiger partial charge in [-0.2, -0.15) is 10.1 Å². The average molecular weight is 643 g/mol. The number of quaternary nitrogens is 2. The number of carboxylic acids is 2. The van der Waals surface area contributed by atoms with Crippen molar-refractivity contribution in [1.29, 1.82) is 0 Å². The van der Waals surface area contributed by atoms with Crippen LogP contribution in [0.4, 0.5) is 0 Å². The molecule has 2 aromatic carbocycles. The molecule has 0 unspecified atom stereocenters.